The van der Waals surface area contributed by atoms with Gasteiger partial charge in [0.05, 0.1) is 17.2 Å². The molecule has 0 fully saturated rings. The van der Waals surface area contributed by atoms with E-state index in [1.165, 1.54) is 0 Å². The maximum Gasteiger partial charge on any atom is 0.396 e. The third-order valence-electron chi connectivity index (χ3n) is 2.23. The van der Waals surface area contributed by atoms with Gasteiger partial charge in [-0.3, -0.25) is 0 Å². The smallest absolute Gasteiger partial charge is 0.396 e. The summed E-state index contributed by atoms with van der Waals surface area (Å²) < 4.78 is 9.98. The lowest BCUT2D eigenvalue weighted by molar-refractivity contribution is 0.0481. The minimum absolute atomic E-state index is 0.177. The van der Waals surface area contributed by atoms with E-state index in [-0.39, 0.29) is 18.4 Å². The second kappa shape index (κ2) is 5.18. The number of halogens is 1. The molecule has 2 aromatic rings. The number of benzene rings is 1. The molecule has 18 heavy (non-hydrogen) atoms. The Balaban J connectivity index is 2.32. The van der Waals surface area contributed by atoms with Crippen LogP contribution in [-0.2, 0) is 4.74 Å². The molecule has 0 aliphatic carbocycles. The molecule has 0 bridgehead atoms. The molecular weight excluding hydrogens is 256 g/mol. The number of esters is 1. The van der Waals surface area contributed by atoms with Crippen LogP contribution in [0.3, 0.4) is 0 Å². The van der Waals surface area contributed by atoms with Gasteiger partial charge < -0.3 is 9.15 Å². The van der Waals surface area contributed by atoms with Crippen LogP contribution in [0, 0.1) is 6.92 Å². The zero-order valence-electron chi connectivity index (χ0n) is 9.94. The lowest BCUT2D eigenvalue weighted by Gasteiger charge is -1.99. The van der Waals surface area contributed by atoms with Crippen molar-refractivity contribution >= 4 is 17.6 Å². The van der Waals surface area contributed by atoms with E-state index in [4.69, 9.17) is 20.8 Å². The first-order valence-corrected chi connectivity index (χ1v) is 5.76. The zero-order valence-corrected chi connectivity index (χ0v) is 10.7. The molecule has 1 aromatic heterocycles. The summed E-state index contributed by atoms with van der Waals surface area (Å²) in [6.07, 6.45) is 0. The molecule has 0 saturated heterocycles. The van der Waals surface area contributed by atoms with Crippen molar-refractivity contribution in [3.8, 4) is 11.5 Å². The van der Waals surface area contributed by atoms with Crippen LogP contribution in [0.5, 0.6) is 0 Å². The summed E-state index contributed by atoms with van der Waals surface area (Å²) in [4.78, 5) is 11.4. The maximum absolute atomic E-state index is 11.4. The van der Waals surface area contributed by atoms with Gasteiger partial charge >= 0.3 is 11.9 Å². The van der Waals surface area contributed by atoms with Crippen LogP contribution in [0.1, 0.15) is 23.2 Å². The average Bonchev–Trinajstić information content (AvgIpc) is 2.78. The molecule has 1 heterocycles. The van der Waals surface area contributed by atoms with E-state index in [1.54, 1.807) is 19.1 Å². The molecule has 94 valence electrons. The number of aromatic nitrogens is 2. The Hall–Kier alpha value is -1.88. The van der Waals surface area contributed by atoms with Crippen molar-refractivity contribution in [3.63, 3.8) is 0 Å². The van der Waals surface area contributed by atoms with Crippen molar-refractivity contribution in [1.29, 1.82) is 0 Å². The van der Waals surface area contributed by atoms with Crippen molar-refractivity contribution in [1.82, 2.24) is 10.2 Å². The number of nitrogens with zero attached hydrogens (tertiary/aromatic N) is 2. The minimum atomic E-state index is -0.639. The highest BCUT2D eigenvalue weighted by molar-refractivity contribution is 6.33. The van der Waals surface area contributed by atoms with Crippen LogP contribution in [-0.4, -0.2) is 22.8 Å². The molecule has 1 aromatic carbocycles. The Bertz CT molecular complexity index is 580. The minimum Gasteiger partial charge on any atom is -0.459 e. The van der Waals surface area contributed by atoms with Gasteiger partial charge in [-0.05, 0) is 31.5 Å². The number of ether oxygens (including phenoxy) is 1. The summed E-state index contributed by atoms with van der Waals surface area (Å²) in [7, 11) is 0. The second-order valence-corrected chi connectivity index (χ2v) is 4.02. The van der Waals surface area contributed by atoms with Gasteiger partial charge in [-0.1, -0.05) is 17.7 Å². The average molecular weight is 267 g/mol. The first kappa shape index (κ1) is 12.6. The van der Waals surface area contributed by atoms with Gasteiger partial charge in [0.15, 0.2) is 0 Å². The topological polar surface area (TPSA) is 65.2 Å². The summed E-state index contributed by atoms with van der Waals surface area (Å²) in [5, 5.41) is 7.90. The maximum atomic E-state index is 11.4. The highest BCUT2D eigenvalue weighted by Gasteiger charge is 2.18. The molecule has 0 aliphatic rings. The number of rotatable bonds is 3. The molecule has 0 aliphatic heterocycles. The monoisotopic (exact) mass is 266 g/mol. The molecule has 0 unspecified atom stereocenters. The van der Waals surface area contributed by atoms with Crippen molar-refractivity contribution in [3.05, 3.63) is 34.7 Å². The lowest BCUT2D eigenvalue weighted by atomic mass is 10.1. The fourth-order valence-electron chi connectivity index (χ4n) is 1.40. The lowest BCUT2D eigenvalue weighted by Crippen LogP contribution is -2.04. The highest BCUT2D eigenvalue weighted by atomic mass is 35.5. The molecule has 0 saturated carbocycles. The second-order valence-electron chi connectivity index (χ2n) is 3.62. The first-order chi connectivity index (χ1) is 8.61. The molecule has 0 atom stereocenters. The van der Waals surface area contributed by atoms with E-state index < -0.39 is 5.97 Å². The highest BCUT2D eigenvalue weighted by Crippen LogP contribution is 2.27. The van der Waals surface area contributed by atoms with Crippen LogP contribution in [0.4, 0.5) is 0 Å². The van der Waals surface area contributed by atoms with E-state index in [0.717, 1.165) is 5.56 Å². The summed E-state index contributed by atoms with van der Waals surface area (Å²) in [6.45, 7) is 3.88. The Morgan fingerprint density at radius 2 is 2.22 bits per heavy atom. The Morgan fingerprint density at radius 3 is 2.89 bits per heavy atom. The normalized spacial score (nSPS) is 10.4. The molecule has 0 radical (unpaired) electrons. The van der Waals surface area contributed by atoms with Gasteiger partial charge in [0.2, 0.25) is 5.89 Å². The van der Waals surface area contributed by atoms with Crippen LogP contribution in [0.15, 0.2) is 22.6 Å². The van der Waals surface area contributed by atoms with E-state index in [2.05, 4.69) is 10.2 Å². The predicted octanol–water partition coefficient (Wildman–Crippen LogP) is 2.88. The van der Waals surface area contributed by atoms with Crippen LogP contribution in [0.2, 0.25) is 5.02 Å². The molecule has 0 spiro atoms. The first-order valence-electron chi connectivity index (χ1n) is 5.39. The van der Waals surface area contributed by atoms with Gasteiger partial charge in [0, 0.05) is 0 Å². The third-order valence-corrected chi connectivity index (χ3v) is 2.54. The van der Waals surface area contributed by atoms with Crippen molar-refractivity contribution in [2.75, 3.05) is 6.61 Å². The summed E-state index contributed by atoms with van der Waals surface area (Å²) in [5.74, 6) is -0.619. The van der Waals surface area contributed by atoms with Crippen molar-refractivity contribution < 1.29 is 13.9 Å². The molecular formula is C12H11ClN2O3. The van der Waals surface area contributed by atoms with Crippen LogP contribution < -0.4 is 0 Å². The van der Waals surface area contributed by atoms with E-state index in [0.29, 0.717) is 10.6 Å². The van der Waals surface area contributed by atoms with E-state index >= 15 is 0 Å². The number of aryl methyl sites for hydroxylation is 1. The molecule has 0 amide bonds. The molecule has 0 N–H and O–H groups in total. The summed E-state index contributed by atoms with van der Waals surface area (Å²) >= 11 is 6.07. The molecule has 6 heteroatoms. The SMILES string of the molecule is CCOC(=O)c1nnc(-c2ccc(C)cc2Cl)o1. The zero-order chi connectivity index (χ0) is 13.1. The Labute approximate surface area is 109 Å². The summed E-state index contributed by atoms with van der Waals surface area (Å²) in [5.41, 5.74) is 1.61. The van der Waals surface area contributed by atoms with E-state index in [9.17, 15) is 4.79 Å². The summed E-state index contributed by atoms with van der Waals surface area (Å²) in [6, 6.07) is 5.42. The van der Waals surface area contributed by atoms with Gasteiger partial charge in [0.25, 0.3) is 0 Å². The Kier molecular flexibility index (Phi) is 3.62. The largest absolute Gasteiger partial charge is 0.459 e. The molecule has 2 rings (SSSR count). The Morgan fingerprint density at radius 1 is 1.44 bits per heavy atom. The van der Waals surface area contributed by atoms with Crippen LogP contribution >= 0.6 is 11.6 Å². The van der Waals surface area contributed by atoms with Crippen LogP contribution in [0.25, 0.3) is 11.5 Å². The number of hydrogen-bond acceptors (Lipinski definition) is 5. The standard InChI is InChI=1S/C12H11ClN2O3/c1-3-17-12(16)11-15-14-10(18-11)8-5-4-7(2)6-9(8)13/h4-6H,3H2,1-2H3. The van der Waals surface area contributed by atoms with Crippen molar-refractivity contribution in [2.24, 2.45) is 0 Å². The fourth-order valence-corrected chi connectivity index (χ4v) is 1.72. The van der Waals surface area contributed by atoms with Gasteiger partial charge in [-0.2, -0.15) is 0 Å². The number of hydrogen-bond donors (Lipinski definition) is 0. The number of carbonyl (C=O) groups is 1. The van der Waals surface area contributed by atoms with Crippen molar-refractivity contribution in [2.45, 2.75) is 13.8 Å². The predicted molar refractivity (Wildman–Crippen MR) is 65.4 cm³/mol. The quantitative estimate of drug-likeness (QED) is 0.799. The fraction of sp³-hybridized carbons (Fsp3) is 0.250. The third kappa shape index (κ3) is 2.51. The van der Waals surface area contributed by atoms with E-state index in [1.807, 2.05) is 13.0 Å². The van der Waals surface area contributed by atoms with Gasteiger partial charge in [0.1, 0.15) is 0 Å². The number of carbonyl (C=O) groups excluding carboxylic acids is 1. The van der Waals surface area contributed by atoms with Gasteiger partial charge in [-0.25, -0.2) is 4.79 Å². The van der Waals surface area contributed by atoms with Gasteiger partial charge in [-0.15, -0.1) is 10.2 Å². The molecule has 5 nitrogen and oxygen atoms in total.